The van der Waals surface area contributed by atoms with Crippen LogP contribution in [-0.4, -0.2) is 17.1 Å². The van der Waals surface area contributed by atoms with Crippen molar-refractivity contribution in [3.63, 3.8) is 0 Å². The van der Waals surface area contributed by atoms with Gasteiger partial charge in [0.05, 0.1) is 23.3 Å². The van der Waals surface area contributed by atoms with E-state index < -0.39 is 18.0 Å². The van der Waals surface area contributed by atoms with Crippen LogP contribution in [0, 0.1) is 12.8 Å². The standard InChI is InChI=1S/C21H17F3N2O/c1-12-8-13(17-10-18(17)21(22,23)24)6-7-16(12)20(27)26-15-9-14-4-2-3-5-19(14)25-11-15/h2-9,11,17-18H,10H2,1H3,(H,26,27)/t17-,18-/m0/s1. The number of anilines is 1. The Hall–Kier alpha value is -2.89. The normalized spacial score (nSPS) is 19.1. The molecule has 0 bridgehead atoms. The summed E-state index contributed by atoms with van der Waals surface area (Å²) in [5, 5.41) is 3.72. The van der Waals surface area contributed by atoms with Gasteiger partial charge in [0, 0.05) is 10.9 Å². The van der Waals surface area contributed by atoms with Crippen LogP contribution in [-0.2, 0) is 0 Å². The van der Waals surface area contributed by atoms with E-state index in [-0.39, 0.29) is 12.3 Å². The molecule has 1 aliphatic rings. The van der Waals surface area contributed by atoms with Crippen LogP contribution in [0.3, 0.4) is 0 Å². The number of nitrogens with one attached hydrogen (secondary N) is 1. The fraction of sp³-hybridized carbons (Fsp3) is 0.238. The smallest absolute Gasteiger partial charge is 0.321 e. The molecule has 138 valence electrons. The lowest BCUT2D eigenvalue weighted by Crippen LogP contribution is -2.14. The van der Waals surface area contributed by atoms with Crippen molar-refractivity contribution in [1.29, 1.82) is 0 Å². The molecule has 0 spiro atoms. The molecule has 1 amide bonds. The van der Waals surface area contributed by atoms with Crippen LogP contribution in [0.1, 0.15) is 33.8 Å². The third-order valence-electron chi connectivity index (χ3n) is 4.98. The molecule has 3 aromatic rings. The van der Waals surface area contributed by atoms with Crippen LogP contribution in [0.2, 0.25) is 0 Å². The number of halogens is 3. The van der Waals surface area contributed by atoms with Crippen molar-refractivity contribution in [3.05, 3.63) is 71.4 Å². The first-order valence-corrected chi connectivity index (χ1v) is 8.66. The molecule has 27 heavy (non-hydrogen) atoms. The van der Waals surface area contributed by atoms with E-state index in [2.05, 4.69) is 10.3 Å². The van der Waals surface area contributed by atoms with Crippen LogP contribution >= 0.6 is 0 Å². The summed E-state index contributed by atoms with van der Waals surface area (Å²) in [7, 11) is 0. The van der Waals surface area contributed by atoms with Crippen LogP contribution in [0.25, 0.3) is 10.9 Å². The third-order valence-corrected chi connectivity index (χ3v) is 4.98. The maximum atomic E-state index is 12.8. The predicted molar refractivity (Wildman–Crippen MR) is 97.8 cm³/mol. The number of carbonyl (C=O) groups excluding carboxylic acids is 1. The highest BCUT2D eigenvalue weighted by Gasteiger charge is 2.56. The maximum absolute atomic E-state index is 12.8. The number of aromatic nitrogens is 1. The zero-order valence-electron chi connectivity index (χ0n) is 14.5. The monoisotopic (exact) mass is 370 g/mol. The van der Waals surface area contributed by atoms with Gasteiger partial charge in [-0.3, -0.25) is 9.78 Å². The van der Waals surface area contributed by atoms with Crippen LogP contribution in [0.15, 0.2) is 54.7 Å². The van der Waals surface area contributed by atoms with Crippen molar-refractivity contribution in [2.45, 2.75) is 25.4 Å². The Bertz CT molecular complexity index is 1030. The number of benzene rings is 2. The average molecular weight is 370 g/mol. The van der Waals surface area contributed by atoms with Gasteiger partial charge in [-0.25, -0.2) is 0 Å². The Morgan fingerprint density at radius 2 is 1.93 bits per heavy atom. The summed E-state index contributed by atoms with van der Waals surface area (Å²) in [6.07, 6.45) is -2.45. The van der Waals surface area contributed by atoms with Crippen molar-refractivity contribution in [1.82, 2.24) is 4.98 Å². The van der Waals surface area contributed by atoms with Crippen molar-refractivity contribution >= 4 is 22.5 Å². The van der Waals surface area contributed by atoms with Crippen molar-refractivity contribution < 1.29 is 18.0 Å². The maximum Gasteiger partial charge on any atom is 0.392 e. The summed E-state index contributed by atoms with van der Waals surface area (Å²) >= 11 is 0. The molecule has 1 saturated carbocycles. The van der Waals surface area contributed by atoms with Gasteiger partial charge >= 0.3 is 6.18 Å². The number of alkyl halides is 3. The highest BCUT2D eigenvalue weighted by atomic mass is 19.4. The second kappa shape index (κ2) is 6.37. The first kappa shape index (κ1) is 17.5. The van der Waals surface area contributed by atoms with E-state index in [4.69, 9.17) is 0 Å². The number of para-hydroxylation sites is 1. The molecule has 1 fully saturated rings. The average Bonchev–Trinajstić information content (AvgIpc) is 3.42. The fourth-order valence-corrected chi connectivity index (χ4v) is 3.44. The Kier molecular flexibility index (Phi) is 4.13. The van der Waals surface area contributed by atoms with Gasteiger partial charge in [-0.2, -0.15) is 13.2 Å². The zero-order chi connectivity index (χ0) is 19.2. The number of carbonyl (C=O) groups is 1. The van der Waals surface area contributed by atoms with Gasteiger partial charge in [0.1, 0.15) is 0 Å². The number of amides is 1. The largest absolute Gasteiger partial charge is 0.392 e. The van der Waals surface area contributed by atoms with Crippen LogP contribution < -0.4 is 5.32 Å². The van der Waals surface area contributed by atoms with Gasteiger partial charge in [-0.05, 0) is 48.6 Å². The Morgan fingerprint density at radius 3 is 2.63 bits per heavy atom. The van der Waals surface area contributed by atoms with E-state index in [1.165, 1.54) is 0 Å². The summed E-state index contributed by atoms with van der Waals surface area (Å²) < 4.78 is 38.3. The van der Waals surface area contributed by atoms with Crippen molar-refractivity contribution in [2.75, 3.05) is 5.32 Å². The molecule has 0 unspecified atom stereocenters. The van der Waals surface area contributed by atoms with Gasteiger partial charge in [-0.15, -0.1) is 0 Å². The van der Waals surface area contributed by atoms with Gasteiger partial charge in [0.2, 0.25) is 0 Å². The highest BCUT2D eigenvalue weighted by molar-refractivity contribution is 6.05. The second-order valence-electron chi connectivity index (χ2n) is 6.94. The third kappa shape index (κ3) is 3.52. The second-order valence-corrected chi connectivity index (χ2v) is 6.94. The minimum Gasteiger partial charge on any atom is -0.321 e. The first-order chi connectivity index (χ1) is 12.8. The number of nitrogens with zero attached hydrogens (tertiary/aromatic N) is 1. The lowest BCUT2D eigenvalue weighted by molar-refractivity contribution is -0.148. The topological polar surface area (TPSA) is 42.0 Å². The van der Waals surface area contributed by atoms with E-state index in [0.29, 0.717) is 22.4 Å². The number of rotatable bonds is 3. The molecule has 1 aromatic heterocycles. The zero-order valence-corrected chi connectivity index (χ0v) is 14.5. The highest BCUT2D eigenvalue weighted by Crippen LogP contribution is 2.56. The van der Waals surface area contributed by atoms with E-state index in [1.54, 1.807) is 31.3 Å². The number of pyridine rings is 1. The fourth-order valence-electron chi connectivity index (χ4n) is 3.44. The molecule has 3 nitrogen and oxygen atoms in total. The van der Waals surface area contributed by atoms with Crippen LogP contribution in [0.5, 0.6) is 0 Å². The predicted octanol–water partition coefficient (Wildman–Crippen LogP) is 5.46. The van der Waals surface area contributed by atoms with Gasteiger partial charge in [-0.1, -0.05) is 30.3 Å². The molecular formula is C21H17F3N2O. The lowest BCUT2D eigenvalue weighted by Gasteiger charge is -2.11. The number of aryl methyl sites for hydroxylation is 1. The minimum atomic E-state index is -4.16. The molecule has 0 saturated heterocycles. The van der Waals surface area contributed by atoms with Gasteiger partial charge < -0.3 is 5.32 Å². The molecule has 2 aromatic carbocycles. The van der Waals surface area contributed by atoms with Gasteiger partial charge in [0.25, 0.3) is 5.91 Å². The molecule has 0 radical (unpaired) electrons. The number of hydrogen-bond acceptors (Lipinski definition) is 2. The van der Waals surface area contributed by atoms with E-state index >= 15 is 0 Å². The van der Waals surface area contributed by atoms with Crippen LogP contribution in [0.4, 0.5) is 18.9 Å². The van der Waals surface area contributed by atoms with E-state index in [1.807, 2.05) is 30.3 Å². The van der Waals surface area contributed by atoms with E-state index in [0.717, 1.165) is 10.9 Å². The first-order valence-electron chi connectivity index (χ1n) is 8.66. The Labute approximate surface area is 154 Å². The summed E-state index contributed by atoms with van der Waals surface area (Å²) in [6, 6.07) is 14.3. The quantitative estimate of drug-likeness (QED) is 0.665. The summed E-state index contributed by atoms with van der Waals surface area (Å²) in [5.41, 5.74) is 3.14. The molecule has 1 aliphatic carbocycles. The Balaban J connectivity index is 1.52. The molecule has 0 aliphatic heterocycles. The minimum absolute atomic E-state index is 0.122. The summed E-state index contributed by atoms with van der Waals surface area (Å²) in [6.45, 7) is 1.74. The molecule has 4 rings (SSSR count). The summed E-state index contributed by atoms with van der Waals surface area (Å²) in [4.78, 5) is 16.9. The number of hydrogen-bond donors (Lipinski definition) is 1. The molecule has 2 atom stereocenters. The van der Waals surface area contributed by atoms with Gasteiger partial charge in [0.15, 0.2) is 0 Å². The molecule has 1 N–H and O–H groups in total. The SMILES string of the molecule is Cc1cc([C@@H]2C[C@@H]2C(F)(F)F)ccc1C(=O)Nc1cnc2ccccc2c1. The molecule has 1 heterocycles. The molecular weight excluding hydrogens is 353 g/mol. The van der Waals surface area contributed by atoms with Crippen molar-refractivity contribution in [2.24, 2.45) is 5.92 Å². The Morgan fingerprint density at radius 1 is 1.15 bits per heavy atom. The molecule has 6 heteroatoms. The van der Waals surface area contributed by atoms with E-state index in [9.17, 15) is 18.0 Å². The lowest BCUT2D eigenvalue weighted by atomic mass is 10.0. The van der Waals surface area contributed by atoms with Crippen molar-refractivity contribution in [3.8, 4) is 0 Å². The summed E-state index contributed by atoms with van der Waals surface area (Å²) in [5.74, 6) is -2.06. The number of fused-ring (bicyclic) bond motifs is 1.